The van der Waals surface area contributed by atoms with Gasteiger partial charge in [-0.1, -0.05) is 22.0 Å². The number of benzene rings is 1. The van der Waals surface area contributed by atoms with E-state index in [0.29, 0.717) is 11.3 Å². The molecule has 0 fully saturated rings. The second-order valence-electron chi connectivity index (χ2n) is 3.20. The number of aryl methyl sites for hydroxylation is 1. The summed E-state index contributed by atoms with van der Waals surface area (Å²) in [5.74, 6) is -0.584. The summed E-state index contributed by atoms with van der Waals surface area (Å²) in [6, 6.07) is 5.02. The molecule has 4 nitrogen and oxygen atoms in total. The third-order valence-corrected chi connectivity index (χ3v) is 2.56. The lowest BCUT2D eigenvalue weighted by atomic mass is 10.1. The molecule has 0 aliphatic carbocycles. The number of hydrogen-bond acceptors (Lipinski definition) is 3. The van der Waals surface area contributed by atoms with Gasteiger partial charge in [0.15, 0.2) is 0 Å². The van der Waals surface area contributed by atoms with Gasteiger partial charge in [0.05, 0.1) is 18.0 Å². The fraction of sp³-hybridized carbons (Fsp3) is 0.273. The van der Waals surface area contributed by atoms with Crippen LogP contribution in [0.4, 0.5) is 5.69 Å². The predicted molar refractivity (Wildman–Crippen MR) is 64.9 cm³/mol. The number of carbonyl (C=O) groups excluding carboxylic acids is 2. The van der Waals surface area contributed by atoms with E-state index >= 15 is 0 Å². The molecule has 0 atom stereocenters. The number of esters is 1. The molecule has 16 heavy (non-hydrogen) atoms. The Morgan fingerprint density at radius 1 is 1.44 bits per heavy atom. The maximum absolute atomic E-state index is 11.3. The van der Waals surface area contributed by atoms with Crippen LogP contribution < -0.4 is 5.32 Å². The van der Waals surface area contributed by atoms with E-state index in [-0.39, 0.29) is 11.2 Å². The van der Waals surface area contributed by atoms with Gasteiger partial charge >= 0.3 is 5.97 Å². The van der Waals surface area contributed by atoms with E-state index in [1.165, 1.54) is 7.11 Å². The van der Waals surface area contributed by atoms with Gasteiger partial charge in [-0.3, -0.25) is 4.79 Å². The van der Waals surface area contributed by atoms with Gasteiger partial charge in [0.2, 0.25) is 5.91 Å². The molecule has 0 unspecified atom stereocenters. The van der Waals surface area contributed by atoms with Crippen molar-refractivity contribution >= 4 is 33.5 Å². The van der Waals surface area contributed by atoms with Gasteiger partial charge < -0.3 is 10.1 Å². The van der Waals surface area contributed by atoms with Gasteiger partial charge in [-0.05, 0) is 24.6 Å². The van der Waals surface area contributed by atoms with Gasteiger partial charge in [-0.15, -0.1) is 0 Å². The van der Waals surface area contributed by atoms with Crippen molar-refractivity contribution in [3.8, 4) is 0 Å². The van der Waals surface area contributed by atoms with Gasteiger partial charge in [0, 0.05) is 5.69 Å². The molecule has 86 valence electrons. The van der Waals surface area contributed by atoms with Crippen LogP contribution in [0.25, 0.3) is 0 Å². The normalized spacial score (nSPS) is 9.69. The zero-order valence-electron chi connectivity index (χ0n) is 9.04. The first-order valence-electron chi connectivity index (χ1n) is 4.63. The summed E-state index contributed by atoms with van der Waals surface area (Å²) in [6.45, 7) is 1.85. The highest BCUT2D eigenvalue weighted by Crippen LogP contribution is 2.17. The summed E-state index contributed by atoms with van der Waals surface area (Å²) in [7, 11) is 1.32. The number of amides is 1. The highest BCUT2D eigenvalue weighted by molar-refractivity contribution is 9.09. The molecular formula is C11H12BrNO3. The number of carbonyl (C=O) groups is 2. The van der Waals surface area contributed by atoms with Crippen LogP contribution in [0.5, 0.6) is 0 Å². The van der Waals surface area contributed by atoms with Crippen LogP contribution in [0.1, 0.15) is 15.9 Å². The number of alkyl halides is 1. The number of rotatable bonds is 3. The molecular weight excluding hydrogens is 274 g/mol. The fourth-order valence-electron chi connectivity index (χ4n) is 1.19. The summed E-state index contributed by atoms with van der Waals surface area (Å²) < 4.78 is 4.60. The second kappa shape index (κ2) is 5.65. The smallest absolute Gasteiger partial charge is 0.337 e. The zero-order valence-corrected chi connectivity index (χ0v) is 10.6. The average Bonchev–Trinajstić information content (AvgIpc) is 2.30. The molecule has 1 aromatic rings. The van der Waals surface area contributed by atoms with E-state index in [0.717, 1.165) is 5.56 Å². The molecule has 1 amide bonds. The molecule has 0 bridgehead atoms. The Morgan fingerprint density at radius 3 is 2.69 bits per heavy atom. The number of anilines is 1. The van der Waals surface area contributed by atoms with Gasteiger partial charge in [-0.25, -0.2) is 4.79 Å². The molecule has 0 spiro atoms. The number of methoxy groups -OCH3 is 1. The highest BCUT2D eigenvalue weighted by Gasteiger charge is 2.09. The molecule has 0 radical (unpaired) electrons. The van der Waals surface area contributed by atoms with Crippen LogP contribution in [-0.4, -0.2) is 24.3 Å². The van der Waals surface area contributed by atoms with Crippen molar-refractivity contribution in [1.82, 2.24) is 0 Å². The minimum atomic E-state index is -0.422. The molecule has 0 aromatic heterocycles. The van der Waals surface area contributed by atoms with E-state index in [1.807, 2.05) is 6.92 Å². The van der Waals surface area contributed by atoms with E-state index < -0.39 is 5.97 Å². The Balaban J connectivity index is 2.99. The minimum absolute atomic E-state index is 0.162. The maximum atomic E-state index is 11.3. The molecule has 0 aliphatic rings. The first-order valence-corrected chi connectivity index (χ1v) is 5.75. The Kier molecular flexibility index (Phi) is 4.49. The zero-order chi connectivity index (χ0) is 12.1. The van der Waals surface area contributed by atoms with Crippen molar-refractivity contribution in [2.45, 2.75) is 6.92 Å². The first-order chi connectivity index (χ1) is 7.58. The van der Waals surface area contributed by atoms with Crippen LogP contribution in [0, 0.1) is 6.92 Å². The largest absolute Gasteiger partial charge is 0.465 e. The minimum Gasteiger partial charge on any atom is -0.465 e. The lowest BCUT2D eigenvalue weighted by Crippen LogP contribution is -2.14. The summed E-state index contributed by atoms with van der Waals surface area (Å²) in [5, 5.41) is 2.90. The highest BCUT2D eigenvalue weighted by atomic mass is 79.9. The van der Waals surface area contributed by atoms with E-state index in [9.17, 15) is 9.59 Å². The topological polar surface area (TPSA) is 55.4 Å². The van der Waals surface area contributed by atoms with Crippen LogP contribution in [0.3, 0.4) is 0 Å². The third-order valence-electron chi connectivity index (χ3n) is 2.05. The van der Waals surface area contributed by atoms with E-state index in [4.69, 9.17) is 0 Å². The summed E-state index contributed by atoms with van der Waals surface area (Å²) in [5.41, 5.74) is 1.92. The van der Waals surface area contributed by atoms with Crippen molar-refractivity contribution < 1.29 is 14.3 Å². The molecule has 0 aliphatic heterocycles. The van der Waals surface area contributed by atoms with Crippen LogP contribution >= 0.6 is 15.9 Å². The number of ether oxygens (including phenoxy) is 1. The molecule has 0 saturated carbocycles. The summed E-state index contributed by atoms with van der Waals surface area (Å²) in [6.07, 6.45) is 0. The Hall–Kier alpha value is -1.36. The molecule has 1 N–H and O–H groups in total. The van der Waals surface area contributed by atoms with E-state index in [1.54, 1.807) is 18.2 Å². The maximum Gasteiger partial charge on any atom is 0.337 e. The van der Waals surface area contributed by atoms with Crippen LogP contribution in [0.2, 0.25) is 0 Å². The molecule has 1 aromatic carbocycles. The Bertz CT molecular complexity index is 418. The van der Waals surface area contributed by atoms with Crippen molar-refractivity contribution in [3.05, 3.63) is 29.3 Å². The number of halogens is 1. The number of hydrogen-bond donors (Lipinski definition) is 1. The fourth-order valence-corrected chi connectivity index (χ4v) is 1.33. The van der Waals surface area contributed by atoms with Crippen LogP contribution in [-0.2, 0) is 9.53 Å². The number of nitrogens with one attached hydrogen (secondary N) is 1. The van der Waals surface area contributed by atoms with Gasteiger partial charge in [0.25, 0.3) is 0 Å². The summed E-state index contributed by atoms with van der Waals surface area (Å²) >= 11 is 3.05. The standard InChI is InChI=1S/C11H12BrNO3/c1-7-3-4-8(11(15)16-2)5-9(7)13-10(14)6-12/h3-5H,6H2,1-2H3,(H,13,14). The van der Waals surface area contributed by atoms with E-state index in [2.05, 4.69) is 26.0 Å². The van der Waals surface area contributed by atoms with Crippen molar-refractivity contribution in [3.63, 3.8) is 0 Å². The van der Waals surface area contributed by atoms with Crippen LogP contribution in [0.15, 0.2) is 18.2 Å². The van der Waals surface area contributed by atoms with Crippen molar-refractivity contribution in [2.24, 2.45) is 0 Å². The van der Waals surface area contributed by atoms with Crippen molar-refractivity contribution in [1.29, 1.82) is 0 Å². The predicted octanol–water partition coefficient (Wildman–Crippen LogP) is 2.12. The average molecular weight is 286 g/mol. The SMILES string of the molecule is COC(=O)c1ccc(C)c(NC(=O)CBr)c1. The molecule has 5 heteroatoms. The van der Waals surface area contributed by atoms with Crippen molar-refractivity contribution in [2.75, 3.05) is 17.8 Å². The quantitative estimate of drug-likeness (QED) is 0.684. The first kappa shape index (κ1) is 12.7. The van der Waals surface area contributed by atoms with Gasteiger partial charge in [-0.2, -0.15) is 0 Å². The van der Waals surface area contributed by atoms with Gasteiger partial charge in [0.1, 0.15) is 0 Å². The summed E-state index contributed by atoms with van der Waals surface area (Å²) in [4.78, 5) is 22.5. The molecule has 1 rings (SSSR count). The Labute approximate surface area is 102 Å². The lowest BCUT2D eigenvalue weighted by Gasteiger charge is -2.08. The monoisotopic (exact) mass is 285 g/mol. The second-order valence-corrected chi connectivity index (χ2v) is 3.76. The molecule has 0 saturated heterocycles. The Morgan fingerprint density at radius 2 is 2.12 bits per heavy atom. The third kappa shape index (κ3) is 3.06. The molecule has 0 heterocycles. The lowest BCUT2D eigenvalue weighted by molar-refractivity contribution is -0.113.